The maximum atomic E-state index is 11.5. The summed E-state index contributed by atoms with van der Waals surface area (Å²) < 4.78 is 23.0. The Kier molecular flexibility index (Phi) is 2.83. The number of rotatable bonds is 3. The number of sulfone groups is 1. The molecule has 1 saturated heterocycles. The molecule has 15 heavy (non-hydrogen) atoms. The molecule has 7 heteroatoms. The van der Waals surface area contributed by atoms with Crippen LogP contribution in [0, 0.1) is 0 Å². The summed E-state index contributed by atoms with van der Waals surface area (Å²) in [6.07, 6.45) is 3.08. The number of anilines is 2. The Labute approximate surface area is 92.6 Å². The van der Waals surface area contributed by atoms with Crippen molar-refractivity contribution in [3.8, 4) is 0 Å². The molecule has 84 valence electrons. The average molecular weight is 247 g/mol. The molecule has 1 aromatic rings. The van der Waals surface area contributed by atoms with E-state index in [9.17, 15) is 8.42 Å². The zero-order valence-corrected chi connectivity index (χ0v) is 9.77. The number of hydrogen-bond donors (Lipinski definition) is 2. The molecule has 2 rings (SSSR count). The number of nitrogens with one attached hydrogen (secondary N) is 1. The van der Waals surface area contributed by atoms with Gasteiger partial charge in [0.15, 0.2) is 15.0 Å². The van der Waals surface area contributed by atoms with Crippen LogP contribution in [0.4, 0.5) is 10.1 Å². The summed E-state index contributed by atoms with van der Waals surface area (Å²) >= 11 is 1.33. The van der Waals surface area contributed by atoms with Crippen molar-refractivity contribution in [1.82, 2.24) is 4.98 Å². The van der Waals surface area contributed by atoms with Crippen molar-refractivity contribution in [2.45, 2.75) is 18.1 Å². The van der Waals surface area contributed by atoms with Gasteiger partial charge in [-0.15, -0.1) is 0 Å². The Morgan fingerprint density at radius 1 is 1.67 bits per heavy atom. The number of nitrogen functional groups attached to an aromatic ring is 1. The lowest BCUT2D eigenvalue weighted by molar-refractivity contribution is 0.591. The third-order valence-electron chi connectivity index (χ3n) is 2.47. The molecule has 0 aromatic carbocycles. The van der Waals surface area contributed by atoms with Gasteiger partial charge in [0.1, 0.15) is 5.00 Å². The Balaban J connectivity index is 1.94. The van der Waals surface area contributed by atoms with Gasteiger partial charge in [-0.2, -0.15) is 0 Å². The van der Waals surface area contributed by atoms with Crippen LogP contribution in [-0.4, -0.2) is 30.9 Å². The van der Waals surface area contributed by atoms with Crippen LogP contribution in [0.1, 0.15) is 12.8 Å². The summed E-state index contributed by atoms with van der Waals surface area (Å²) in [5, 5.41) is 4.07. The van der Waals surface area contributed by atoms with Crippen LogP contribution in [0.2, 0.25) is 0 Å². The predicted molar refractivity (Wildman–Crippen MR) is 61.8 cm³/mol. The third-order valence-corrected chi connectivity index (χ3v) is 5.53. The van der Waals surface area contributed by atoms with E-state index in [1.807, 2.05) is 0 Å². The third kappa shape index (κ3) is 2.40. The fraction of sp³-hybridized carbons (Fsp3) is 0.625. The predicted octanol–water partition coefficient (Wildman–Crippen LogP) is 0.714. The van der Waals surface area contributed by atoms with E-state index in [1.54, 1.807) is 6.20 Å². The number of nitrogens with zero attached hydrogens (tertiary/aromatic N) is 1. The van der Waals surface area contributed by atoms with E-state index < -0.39 is 9.84 Å². The topological polar surface area (TPSA) is 85.1 Å². The van der Waals surface area contributed by atoms with Gasteiger partial charge in [-0.05, 0) is 12.8 Å². The van der Waals surface area contributed by atoms with E-state index in [-0.39, 0.29) is 5.25 Å². The second kappa shape index (κ2) is 3.97. The minimum absolute atomic E-state index is 0.261. The van der Waals surface area contributed by atoms with Crippen molar-refractivity contribution in [1.29, 1.82) is 0 Å². The normalized spacial score (nSPS) is 24.1. The van der Waals surface area contributed by atoms with Gasteiger partial charge in [-0.3, -0.25) is 0 Å². The number of thiazole rings is 1. The molecule has 1 aliphatic heterocycles. The monoisotopic (exact) mass is 247 g/mol. The standard InChI is InChI=1S/C8H13N3O2S2/c9-7-5-11-8(14-7)10-4-6-2-1-3-15(6,12)13/h5-6H,1-4,9H2,(H,10,11). The number of hydrogen-bond acceptors (Lipinski definition) is 6. The molecule has 1 unspecified atom stereocenters. The Hall–Kier alpha value is -0.820. The highest BCUT2D eigenvalue weighted by molar-refractivity contribution is 7.92. The maximum absolute atomic E-state index is 11.5. The van der Waals surface area contributed by atoms with E-state index in [2.05, 4.69) is 10.3 Å². The Morgan fingerprint density at radius 2 is 2.47 bits per heavy atom. The minimum Gasteiger partial charge on any atom is -0.389 e. The van der Waals surface area contributed by atoms with Gasteiger partial charge in [0, 0.05) is 6.54 Å². The molecule has 1 atom stereocenters. The second-order valence-corrected chi connectivity index (χ2v) is 7.04. The van der Waals surface area contributed by atoms with Crippen LogP contribution in [0.5, 0.6) is 0 Å². The van der Waals surface area contributed by atoms with Crippen LogP contribution < -0.4 is 11.1 Å². The molecule has 0 radical (unpaired) electrons. The summed E-state index contributed by atoms with van der Waals surface area (Å²) in [5.41, 5.74) is 5.51. The molecule has 0 amide bonds. The van der Waals surface area contributed by atoms with Crippen molar-refractivity contribution in [3.63, 3.8) is 0 Å². The van der Waals surface area contributed by atoms with Crippen LogP contribution in [0.3, 0.4) is 0 Å². The summed E-state index contributed by atoms with van der Waals surface area (Å²) in [5.74, 6) is 0.319. The van der Waals surface area contributed by atoms with Crippen molar-refractivity contribution in [3.05, 3.63) is 6.20 Å². The molecule has 3 N–H and O–H groups in total. The van der Waals surface area contributed by atoms with Crippen molar-refractivity contribution in [2.24, 2.45) is 0 Å². The summed E-state index contributed by atoms with van der Waals surface area (Å²) in [4.78, 5) is 4.01. The van der Waals surface area contributed by atoms with E-state index in [0.717, 1.165) is 12.8 Å². The van der Waals surface area contributed by atoms with Gasteiger partial charge >= 0.3 is 0 Å². The average Bonchev–Trinajstić information content (AvgIpc) is 2.69. The Bertz CT molecular complexity index is 440. The van der Waals surface area contributed by atoms with Crippen LogP contribution in [0.25, 0.3) is 0 Å². The molecular formula is C8H13N3O2S2. The SMILES string of the molecule is Nc1cnc(NCC2CCCS2(=O)=O)s1. The van der Waals surface area contributed by atoms with Gasteiger partial charge in [-0.1, -0.05) is 11.3 Å². The summed E-state index contributed by atoms with van der Waals surface area (Å²) in [6, 6.07) is 0. The Morgan fingerprint density at radius 3 is 3.00 bits per heavy atom. The van der Waals surface area contributed by atoms with Gasteiger partial charge in [0.25, 0.3) is 0 Å². The highest BCUT2D eigenvalue weighted by Gasteiger charge is 2.30. The molecule has 0 aliphatic carbocycles. The highest BCUT2D eigenvalue weighted by atomic mass is 32.2. The van der Waals surface area contributed by atoms with Crippen molar-refractivity contribution >= 4 is 31.3 Å². The summed E-state index contributed by atoms with van der Waals surface area (Å²) in [6.45, 7) is 0.440. The van der Waals surface area contributed by atoms with Gasteiger partial charge in [0.2, 0.25) is 0 Å². The number of nitrogens with two attached hydrogens (primary N) is 1. The largest absolute Gasteiger partial charge is 0.389 e. The lowest BCUT2D eigenvalue weighted by Crippen LogP contribution is -2.24. The number of aromatic nitrogens is 1. The second-order valence-electron chi connectivity index (χ2n) is 3.58. The first-order valence-corrected chi connectivity index (χ1v) is 7.28. The minimum atomic E-state index is -2.87. The molecule has 1 fully saturated rings. The first kappa shape index (κ1) is 10.7. The molecule has 5 nitrogen and oxygen atoms in total. The fourth-order valence-corrected chi connectivity index (χ4v) is 4.01. The van der Waals surface area contributed by atoms with E-state index in [0.29, 0.717) is 22.4 Å². The van der Waals surface area contributed by atoms with Gasteiger partial charge in [-0.25, -0.2) is 13.4 Å². The molecule has 0 saturated carbocycles. The highest BCUT2D eigenvalue weighted by Crippen LogP contribution is 2.23. The van der Waals surface area contributed by atoms with E-state index >= 15 is 0 Å². The first-order valence-electron chi connectivity index (χ1n) is 4.75. The lowest BCUT2D eigenvalue weighted by atomic mass is 10.2. The van der Waals surface area contributed by atoms with Crippen molar-refractivity contribution < 1.29 is 8.42 Å². The summed E-state index contributed by atoms with van der Waals surface area (Å²) in [7, 11) is -2.87. The molecule has 1 aliphatic rings. The van der Waals surface area contributed by atoms with Crippen molar-refractivity contribution in [2.75, 3.05) is 23.3 Å². The van der Waals surface area contributed by atoms with E-state index in [1.165, 1.54) is 11.3 Å². The molecule has 0 bridgehead atoms. The zero-order valence-electron chi connectivity index (χ0n) is 8.14. The van der Waals surface area contributed by atoms with Gasteiger partial charge < -0.3 is 11.1 Å². The maximum Gasteiger partial charge on any atom is 0.184 e. The quantitative estimate of drug-likeness (QED) is 0.822. The van der Waals surface area contributed by atoms with Crippen LogP contribution in [-0.2, 0) is 9.84 Å². The lowest BCUT2D eigenvalue weighted by Gasteiger charge is -2.09. The molecular weight excluding hydrogens is 234 g/mol. The smallest absolute Gasteiger partial charge is 0.184 e. The molecule has 0 spiro atoms. The van der Waals surface area contributed by atoms with E-state index in [4.69, 9.17) is 5.73 Å². The molecule has 2 heterocycles. The van der Waals surface area contributed by atoms with Crippen LogP contribution >= 0.6 is 11.3 Å². The first-order chi connectivity index (χ1) is 7.08. The molecule has 1 aromatic heterocycles. The van der Waals surface area contributed by atoms with Crippen LogP contribution in [0.15, 0.2) is 6.20 Å². The zero-order chi connectivity index (χ0) is 10.9. The fourth-order valence-electron chi connectivity index (χ4n) is 1.66. The van der Waals surface area contributed by atoms with Gasteiger partial charge in [0.05, 0.1) is 17.2 Å².